The molecule has 2 aromatic carbocycles. The Morgan fingerprint density at radius 1 is 0.724 bits per heavy atom. The molecule has 0 aliphatic heterocycles. The number of benzene rings is 2. The largest absolute Gasteiger partial charge is 0.366 e. The van der Waals surface area contributed by atoms with Gasteiger partial charge in [0.2, 0.25) is 5.95 Å². The number of nitrogens with zero attached hydrogens (tertiary/aromatic N) is 3. The van der Waals surface area contributed by atoms with E-state index in [1.807, 2.05) is 48.7 Å². The number of anilines is 2. The molecular formula is C24H23N5. The number of rotatable bonds is 8. The maximum atomic E-state index is 4.72. The summed E-state index contributed by atoms with van der Waals surface area (Å²) in [5.74, 6) is 1.40. The molecule has 2 aromatic heterocycles. The van der Waals surface area contributed by atoms with Gasteiger partial charge in [-0.25, -0.2) is 4.98 Å². The van der Waals surface area contributed by atoms with Crippen molar-refractivity contribution in [2.45, 2.75) is 13.0 Å². The summed E-state index contributed by atoms with van der Waals surface area (Å²) < 4.78 is 0. The fourth-order valence-electron chi connectivity index (χ4n) is 3.03. The molecule has 2 heterocycles. The van der Waals surface area contributed by atoms with E-state index < -0.39 is 0 Å². The van der Waals surface area contributed by atoms with Gasteiger partial charge in [0.05, 0.1) is 5.69 Å². The van der Waals surface area contributed by atoms with Crippen LogP contribution in [0.5, 0.6) is 0 Å². The second-order valence-corrected chi connectivity index (χ2v) is 6.71. The van der Waals surface area contributed by atoms with Crippen LogP contribution in [0.25, 0.3) is 11.3 Å². The molecule has 0 atom stereocenters. The van der Waals surface area contributed by atoms with Crippen molar-refractivity contribution in [2.75, 3.05) is 17.2 Å². The Morgan fingerprint density at radius 2 is 1.48 bits per heavy atom. The Labute approximate surface area is 170 Å². The molecule has 29 heavy (non-hydrogen) atoms. The zero-order chi connectivity index (χ0) is 19.7. The molecule has 144 valence electrons. The van der Waals surface area contributed by atoms with Gasteiger partial charge in [0.25, 0.3) is 0 Å². The molecule has 2 N–H and O–H groups in total. The van der Waals surface area contributed by atoms with Gasteiger partial charge in [-0.15, -0.1) is 0 Å². The van der Waals surface area contributed by atoms with Gasteiger partial charge in [-0.1, -0.05) is 66.7 Å². The van der Waals surface area contributed by atoms with Gasteiger partial charge in [0, 0.05) is 37.1 Å². The number of pyridine rings is 1. The van der Waals surface area contributed by atoms with Crippen LogP contribution in [0.2, 0.25) is 0 Å². The first kappa shape index (κ1) is 18.6. The average molecular weight is 381 g/mol. The van der Waals surface area contributed by atoms with Gasteiger partial charge >= 0.3 is 0 Å². The number of hydrogen-bond donors (Lipinski definition) is 2. The van der Waals surface area contributed by atoms with Crippen LogP contribution in [0.3, 0.4) is 0 Å². The van der Waals surface area contributed by atoms with Crippen LogP contribution in [0.1, 0.15) is 11.1 Å². The number of nitrogens with one attached hydrogen (secondary N) is 2. The smallest absolute Gasteiger partial charge is 0.225 e. The Bertz CT molecular complexity index is 1020. The van der Waals surface area contributed by atoms with E-state index in [1.54, 1.807) is 6.20 Å². The molecule has 0 amide bonds. The van der Waals surface area contributed by atoms with Crippen molar-refractivity contribution in [3.05, 3.63) is 102 Å². The molecule has 0 spiro atoms. The first-order valence-electron chi connectivity index (χ1n) is 9.72. The Hall–Kier alpha value is -3.73. The molecule has 0 aliphatic rings. The molecule has 4 rings (SSSR count). The van der Waals surface area contributed by atoms with Crippen LogP contribution in [-0.2, 0) is 13.0 Å². The Kier molecular flexibility index (Phi) is 6.08. The molecule has 0 unspecified atom stereocenters. The maximum Gasteiger partial charge on any atom is 0.225 e. The summed E-state index contributed by atoms with van der Waals surface area (Å²) in [6.07, 6.45) is 4.54. The third-order valence-corrected chi connectivity index (χ3v) is 4.53. The SMILES string of the molecule is c1ccc(CCNc2nc(NCc3cccnc3)cc(-c3ccccc3)n2)cc1. The quantitative estimate of drug-likeness (QED) is 0.459. The van der Waals surface area contributed by atoms with Gasteiger partial charge < -0.3 is 10.6 Å². The minimum Gasteiger partial charge on any atom is -0.366 e. The lowest BCUT2D eigenvalue weighted by atomic mass is 10.1. The van der Waals surface area contributed by atoms with E-state index in [0.29, 0.717) is 12.5 Å². The van der Waals surface area contributed by atoms with Crippen molar-refractivity contribution in [3.63, 3.8) is 0 Å². The highest BCUT2D eigenvalue weighted by atomic mass is 15.1. The maximum absolute atomic E-state index is 4.72. The van der Waals surface area contributed by atoms with E-state index in [-0.39, 0.29) is 0 Å². The molecule has 0 saturated heterocycles. The van der Waals surface area contributed by atoms with E-state index in [2.05, 4.69) is 57.0 Å². The van der Waals surface area contributed by atoms with Crippen molar-refractivity contribution in [2.24, 2.45) is 0 Å². The predicted octanol–water partition coefficient (Wildman–Crippen LogP) is 4.81. The third kappa shape index (κ3) is 5.39. The summed E-state index contributed by atoms with van der Waals surface area (Å²) in [6, 6.07) is 26.5. The van der Waals surface area contributed by atoms with Crippen molar-refractivity contribution in [3.8, 4) is 11.3 Å². The fraction of sp³-hybridized carbons (Fsp3) is 0.125. The lowest BCUT2D eigenvalue weighted by molar-refractivity contribution is 0.980. The summed E-state index contributed by atoms with van der Waals surface area (Å²) in [7, 11) is 0. The van der Waals surface area contributed by atoms with Crippen molar-refractivity contribution in [1.82, 2.24) is 15.0 Å². The molecule has 5 heteroatoms. The number of aromatic nitrogens is 3. The summed E-state index contributed by atoms with van der Waals surface area (Å²) in [4.78, 5) is 13.5. The fourth-order valence-corrected chi connectivity index (χ4v) is 3.03. The molecule has 0 fully saturated rings. The minimum absolute atomic E-state index is 0.621. The normalized spacial score (nSPS) is 10.5. The van der Waals surface area contributed by atoms with Crippen molar-refractivity contribution in [1.29, 1.82) is 0 Å². The van der Waals surface area contributed by atoms with Crippen LogP contribution in [0, 0.1) is 0 Å². The zero-order valence-electron chi connectivity index (χ0n) is 16.1. The highest BCUT2D eigenvalue weighted by Gasteiger charge is 2.07. The minimum atomic E-state index is 0.621. The first-order valence-corrected chi connectivity index (χ1v) is 9.72. The molecule has 0 radical (unpaired) electrons. The lowest BCUT2D eigenvalue weighted by Gasteiger charge is -2.12. The van der Waals surface area contributed by atoms with E-state index in [4.69, 9.17) is 4.98 Å². The van der Waals surface area contributed by atoms with Gasteiger partial charge in [-0.3, -0.25) is 4.98 Å². The Balaban J connectivity index is 1.51. The highest BCUT2D eigenvalue weighted by Crippen LogP contribution is 2.21. The van der Waals surface area contributed by atoms with E-state index in [0.717, 1.165) is 35.6 Å². The van der Waals surface area contributed by atoms with E-state index in [9.17, 15) is 0 Å². The van der Waals surface area contributed by atoms with Crippen LogP contribution in [-0.4, -0.2) is 21.5 Å². The third-order valence-electron chi connectivity index (χ3n) is 4.53. The first-order chi connectivity index (χ1) is 14.4. The standard InChI is InChI=1S/C24H23N5/c1-3-8-19(9-4-1)13-15-26-24-28-22(21-11-5-2-6-12-21)16-23(29-24)27-18-20-10-7-14-25-17-20/h1-12,14,16-17H,13,15,18H2,(H2,26,27,28,29). The van der Waals surface area contributed by atoms with Crippen LogP contribution in [0.4, 0.5) is 11.8 Å². The van der Waals surface area contributed by atoms with Crippen molar-refractivity contribution < 1.29 is 0 Å². The molecule has 4 aromatic rings. The summed E-state index contributed by atoms with van der Waals surface area (Å²) in [6.45, 7) is 1.42. The topological polar surface area (TPSA) is 62.7 Å². The zero-order valence-corrected chi connectivity index (χ0v) is 16.1. The summed E-state index contributed by atoms with van der Waals surface area (Å²) in [5.41, 5.74) is 4.34. The summed E-state index contributed by atoms with van der Waals surface area (Å²) >= 11 is 0. The van der Waals surface area contributed by atoms with Crippen LogP contribution >= 0.6 is 0 Å². The van der Waals surface area contributed by atoms with Gasteiger partial charge in [0.15, 0.2) is 0 Å². The van der Waals surface area contributed by atoms with E-state index in [1.165, 1.54) is 5.56 Å². The predicted molar refractivity (Wildman–Crippen MR) is 118 cm³/mol. The Morgan fingerprint density at radius 3 is 2.24 bits per heavy atom. The molecule has 5 nitrogen and oxygen atoms in total. The summed E-state index contributed by atoms with van der Waals surface area (Å²) in [5, 5.41) is 6.76. The van der Waals surface area contributed by atoms with Crippen molar-refractivity contribution >= 4 is 11.8 Å². The van der Waals surface area contributed by atoms with Gasteiger partial charge in [-0.2, -0.15) is 4.98 Å². The van der Waals surface area contributed by atoms with Gasteiger partial charge in [-0.05, 0) is 23.6 Å². The molecule has 0 bridgehead atoms. The molecule has 0 aliphatic carbocycles. The van der Waals surface area contributed by atoms with E-state index >= 15 is 0 Å². The van der Waals surface area contributed by atoms with Crippen LogP contribution < -0.4 is 10.6 Å². The second-order valence-electron chi connectivity index (χ2n) is 6.71. The molecular weight excluding hydrogens is 358 g/mol. The molecule has 0 saturated carbocycles. The highest BCUT2D eigenvalue weighted by molar-refractivity contribution is 5.64. The average Bonchev–Trinajstić information content (AvgIpc) is 2.80. The lowest BCUT2D eigenvalue weighted by Crippen LogP contribution is -2.10. The monoisotopic (exact) mass is 381 g/mol. The van der Waals surface area contributed by atoms with Crippen LogP contribution in [0.15, 0.2) is 91.3 Å². The second kappa shape index (κ2) is 9.46. The van der Waals surface area contributed by atoms with Gasteiger partial charge in [0.1, 0.15) is 5.82 Å². The number of hydrogen-bond acceptors (Lipinski definition) is 5.